The molecule has 136 valence electrons. The summed E-state index contributed by atoms with van der Waals surface area (Å²) in [5.41, 5.74) is -6.26. The Labute approximate surface area is 188 Å². The molecule has 0 heterocycles. The van der Waals surface area contributed by atoms with Crippen LogP contribution in [-0.4, -0.2) is 21.4 Å². The molecule has 4 unspecified atom stereocenters. The Morgan fingerprint density at radius 1 is 0.640 bits per heavy atom. The van der Waals surface area contributed by atoms with E-state index < -0.39 is 41.6 Å². The molecule has 0 spiro atoms. The second-order valence-corrected chi connectivity index (χ2v) is 11.2. The van der Waals surface area contributed by atoms with Crippen LogP contribution in [0.25, 0.3) is 0 Å². The van der Waals surface area contributed by atoms with Crippen LogP contribution in [-0.2, 0) is 84.8 Å². The molecule has 2 N–H and O–H groups in total. The zero-order chi connectivity index (χ0) is 18.6. The summed E-state index contributed by atoms with van der Waals surface area (Å²) >= 11 is 8.52. The van der Waals surface area contributed by atoms with Crippen LogP contribution in [0.5, 0.6) is 0 Å². The third kappa shape index (κ3) is 15.5. The van der Waals surface area contributed by atoms with Gasteiger partial charge >= 0.3 is 58.4 Å². The van der Waals surface area contributed by atoms with Crippen LogP contribution in [0.1, 0.15) is 0 Å². The molecule has 23 heteroatoms. The number of aliphatic hydroxyl groups excluding tert-OH is 2. The SMILES string of the molecule is O=P([O-])([O-])C(O)P(=O)([O-])OCl.O=P([O-])([O-])C(O)P(=O)([O-])OCl.[Zn+2].[Zn+2].[Zn+2]. The smallest absolute Gasteiger partial charge is 0.809 e. The average Bonchev–Trinajstić information content (AvgIpc) is 2.35. The van der Waals surface area contributed by atoms with Crippen LogP contribution in [0, 0.1) is 0 Å². The summed E-state index contributed by atoms with van der Waals surface area (Å²) in [6.07, 6.45) is 0. The Kier molecular flexibility index (Phi) is 22.9. The second-order valence-electron chi connectivity index (χ2n) is 2.99. The van der Waals surface area contributed by atoms with E-state index in [1.165, 1.54) is 0 Å². The van der Waals surface area contributed by atoms with Crippen LogP contribution in [0.4, 0.5) is 0 Å². The Hall–Kier alpha value is 2.97. The minimum atomic E-state index is -5.62. The van der Waals surface area contributed by atoms with E-state index in [0.29, 0.717) is 0 Å². The number of hydrogen-bond donors (Lipinski definition) is 2. The molecule has 0 radical (unpaired) electrons. The molecule has 0 aliphatic carbocycles. The first-order valence-electron chi connectivity index (χ1n) is 4.05. The van der Waals surface area contributed by atoms with E-state index >= 15 is 0 Å². The average molecular weight is 643 g/mol. The molecular weight excluding hydrogens is 639 g/mol. The first-order valence-corrected chi connectivity index (χ1v) is 11.1. The van der Waals surface area contributed by atoms with Gasteiger partial charge in [-0.15, -0.1) is 0 Å². The van der Waals surface area contributed by atoms with Crippen molar-refractivity contribution < 1.29 is 124 Å². The topological polar surface area (TPSA) is 266 Å². The van der Waals surface area contributed by atoms with Gasteiger partial charge in [-0.1, -0.05) is 0 Å². The number of rotatable bonds is 6. The third-order valence-electron chi connectivity index (χ3n) is 1.32. The molecule has 0 aromatic carbocycles. The third-order valence-corrected chi connectivity index (χ3v) is 8.52. The van der Waals surface area contributed by atoms with Crippen LogP contribution < -0.4 is 29.4 Å². The molecule has 0 saturated carbocycles. The molecule has 0 fully saturated rings. The molecule has 0 aromatic rings. The van der Waals surface area contributed by atoms with Crippen molar-refractivity contribution in [1.29, 1.82) is 0 Å². The molecule has 0 saturated heterocycles. The predicted octanol–water partition coefficient (Wildman–Crippen LogP) is -4.21. The van der Waals surface area contributed by atoms with Crippen molar-refractivity contribution in [3.05, 3.63) is 0 Å². The molecular formula is C2H4Cl2O14P4Zn3. The maximum Gasteiger partial charge on any atom is 2.00 e. The van der Waals surface area contributed by atoms with Crippen molar-refractivity contribution in [1.82, 2.24) is 0 Å². The normalized spacial score (nSPS) is 18.3. The summed E-state index contributed by atoms with van der Waals surface area (Å²) in [6, 6.07) is 0. The number of halogens is 2. The molecule has 0 bridgehead atoms. The maximum absolute atomic E-state index is 10.2. The summed E-state index contributed by atoms with van der Waals surface area (Å²) in [4.78, 5) is 59.8. The zero-order valence-corrected chi connectivity index (χ0v) is 25.6. The van der Waals surface area contributed by atoms with E-state index in [-0.39, 0.29) is 58.4 Å². The van der Waals surface area contributed by atoms with Crippen molar-refractivity contribution >= 4 is 54.1 Å². The summed E-state index contributed by atoms with van der Waals surface area (Å²) in [5, 5.41) is 16.5. The van der Waals surface area contributed by atoms with Gasteiger partial charge in [0.2, 0.25) is 0 Å². The van der Waals surface area contributed by atoms with E-state index in [4.69, 9.17) is 10.2 Å². The fraction of sp³-hybridized carbons (Fsp3) is 1.00. The van der Waals surface area contributed by atoms with Crippen LogP contribution in [0.15, 0.2) is 0 Å². The minimum absolute atomic E-state index is 0. The Morgan fingerprint density at radius 3 is 0.840 bits per heavy atom. The number of hydrogen-bond acceptors (Lipinski definition) is 14. The fourth-order valence-corrected chi connectivity index (χ4v) is 4.40. The van der Waals surface area contributed by atoms with E-state index in [0.717, 1.165) is 0 Å². The molecule has 0 aliphatic rings. The molecule has 14 nitrogen and oxygen atoms in total. The summed E-state index contributed by atoms with van der Waals surface area (Å²) in [5.74, 6) is 0. The second kappa shape index (κ2) is 14.9. The van der Waals surface area contributed by atoms with Crippen molar-refractivity contribution in [3.63, 3.8) is 0 Å². The van der Waals surface area contributed by atoms with E-state index in [9.17, 15) is 47.6 Å². The Morgan fingerprint density at radius 2 is 0.800 bits per heavy atom. The molecule has 0 amide bonds. The van der Waals surface area contributed by atoms with Crippen LogP contribution in [0.3, 0.4) is 0 Å². The van der Waals surface area contributed by atoms with E-state index in [1.807, 2.05) is 0 Å². The van der Waals surface area contributed by atoms with Crippen molar-refractivity contribution in [3.8, 4) is 0 Å². The Bertz CT molecular complexity index is 498. The van der Waals surface area contributed by atoms with Crippen LogP contribution in [0.2, 0.25) is 0 Å². The van der Waals surface area contributed by atoms with Crippen molar-refractivity contribution in [2.75, 3.05) is 0 Å². The van der Waals surface area contributed by atoms with Gasteiger partial charge in [-0.3, -0.25) is 0 Å². The van der Waals surface area contributed by atoms with Gasteiger partial charge in [0, 0.05) is 0 Å². The van der Waals surface area contributed by atoms with E-state index in [1.54, 1.807) is 0 Å². The fourth-order valence-electron chi connectivity index (χ4n) is 0.418. The summed E-state index contributed by atoms with van der Waals surface area (Å²) < 4.78 is 46.2. The summed E-state index contributed by atoms with van der Waals surface area (Å²) in [7, 11) is -21.7. The standard InChI is InChI=1S/2CH5ClO7P2.3Zn/c2*2-9-11(7,8)1(3)10(4,5)6;;;/h2*1,3H,(H,7,8)(H2,4,5,6);;;/q;;3*+2/p-6. The van der Waals surface area contributed by atoms with Gasteiger partial charge in [0.15, 0.2) is 15.2 Å². The van der Waals surface area contributed by atoms with Gasteiger partial charge in [-0.05, 0) is 15.2 Å². The van der Waals surface area contributed by atoms with Gasteiger partial charge < -0.3 is 57.8 Å². The van der Waals surface area contributed by atoms with Crippen LogP contribution >= 0.6 is 54.1 Å². The van der Waals surface area contributed by atoms with Gasteiger partial charge in [0.1, 0.15) is 11.2 Å². The Balaban J connectivity index is -0.0000000952. The van der Waals surface area contributed by atoms with Crippen molar-refractivity contribution in [2.45, 2.75) is 11.2 Å². The van der Waals surface area contributed by atoms with Gasteiger partial charge in [-0.2, -0.15) is 0 Å². The quantitative estimate of drug-likeness (QED) is 0.205. The maximum atomic E-state index is 10.2. The van der Waals surface area contributed by atoms with Gasteiger partial charge in [-0.25, -0.2) is 8.15 Å². The molecule has 25 heavy (non-hydrogen) atoms. The minimum Gasteiger partial charge on any atom is -0.809 e. The van der Waals surface area contributed by atoms with Gasteiger partial charge in [0.25, 0.3) is 0 Å². The molecule has 0 aliphatic heterocycles. The van der Waals surface area contributed by atoms with E-state index in [2.05, 4.69) is 31.9 Å². The molecule has 0 aromatic heterocycles. The number of aliphatic hydroxyl groups is 2. The largest absolute Gasteiger partial charge is 2.00 e. The zero-order valence-electron chi connectivity index (χ0n) is 11.6. The summed E-state index contributed by atoms with van der Waals surface area (Å²) in [6.45, 7) is 0. The molecule has 4 atom stereocenters. The molecule has 0 rings (SSSR count). The van der Waals surface area contributed by atoms with Gasteiger partial charge in [0.05, 0.1) is 23.7 Å². The first kappa shape index (κ1) is 38.6. The monoisotopic (exact) mass is 638 g/mol. The van der Waals surface area contributed by atoms with Crippen molar-refractivity contribution in [2.24, 2.45) is 0 Å². The predicted molar refractivity (Wildman–Crippen MR) is 56.3 cm³/mol. The first-order chi connectivity index (χ1) is 9.43.